The standard InChI is InChI=1S/C9H18F3O3PS/c1-3-5-7-16(8-6-4-2)15-17(13,14)9(10,11)12/h3-8H2,1-2H3. The molecule has 0 saturated heterocycles. The average Bonchev–Trinajstić information content (AvgIpc) is 2.20. The molecule has 0 aromatic heterocycles. The minimum atomic E-state index is -5.43. The summed E-state index contributed by atoms with van der Waals surface area (Å²) in [5.74, 6) is 0. The minimum absolute atomic E-state index is 0.404. The lowest BCUT2D eigenvalue weighted by atomic mass is 10.4. The van der Waals surface area contributed by atoms with Gasteiger partial charge in [-0.15, -0.1) is 0 Å². The van der Waals surface area contributed by atoms with E-state index >= 15 is 0 Å². The topological polar surface area (TPSA) is 43.4 Å². The molecule has 0 saturated carbocycles. The lowest BCUT2D eigenvalue weighted by Crippen LogP contribution is -2.24. The Hall–Kier alpha value is 0.130. The monoisotopic (exact) mass is 294 g/mol. The van der Waals surface area contributed by atoms with Crippen LogP contribution in [0.25, 0.3) is 0 Å². The quantitative estimate of drug-likeness (QED) is 0.504. The molecule has 0 aromatic carbocycles. The Bertz CT molecular complexity index is 295. The van der Waals surface area contributed by atoms with Gasteiger partial charge in [0, 0.05) is 0 Å². The smallest absolute Gasteiger partial charge is 0.241 e. The zero-order valence-electron chi connectivity index (χ0n) is 9.96. The van der Waals surface area contributed by atoms with Crippen LogP contribution in [0.4, 0.5) is 13.2 Å². The van der Waals surface area contributed by atoms with Crippen LogP contribution < -0.4 is 0 Å². The first-order chi connectivity index (χ1) is 7.74. The second kappa shape index (κ2) is 7.54. The van der Waals surface area contributed by atoms with E-state index in [1.165, 1.54) is 0 Å². The van der Waals surface area contributed by atoms with Crippen molar-refractivity contribution in [3.8, 4) is 0 Å². The number of unbranched alkanes of at least 4 members (excludes halogenated alkanes) is 2. The van der Waals surface area contributed by atoms with Crippen LogP contribution in [0.15, 0.2) is 0 Å². The van der Waals surface area contributed by atoms with E-state index in [0.29, 0.717) is 25.2 Å². The van der Waals surface area contributed by atoms with Gasteiger partial charge in [0.25, 0.3) is 0 Å². The maximum Gasteiger partial charge on any atom is 0.523 e. The first-order valence-electron chi connectivity index (χ1n) is 5.50. The third-order valence-electron chi connectivity index (χ3n) is 2.01. The lowest BCUT2D eigenvalue weighted by Gasteiger charge is -2.17. The van der Waals surface area contributed by atoms with Crippen LogP contribution in [-0.2, 0) is 14.1 Å². The van der Waals surface area contributed by atoms with Gasteiger partial charge < -0.3 is 0 Å². The Kier molecular flexibility index (Phi) is 7.60. The van der Waals surface area contributed by atoms with Crippen molar-refractivity contribution in [3.63, 3.8) is 0 Å². The molecule has 0 aliphatic heterocycles. The Labute approximate surface area is 102 Å². The van der Waals surface area contributed by atoms with Gasteiger partial charge in [0.15, 0.2) is 0 Å². The molecule has 0 aliphatic rings. The summed E-state index contributed by atoms with van der Waals surface area (Å²) in [4.78, 5) is 0. The second-order valence-corrected chi connectivity index (χ2v) is 7.44. The number of halogens is 3. The highest BCUT2D eigenvalue weighted by molar-refractivity contribution is 7.91. The molecule has 17 heavy (non-hydrogen) atoms. The van der Waals surface area contributed by atoms with E-state index in [2.05, 4.69) is 3.97 Å². The van der Waals surface area contributed by atoms with Gasteiger partial charge in [-0.1, -0.05) is 26.7 Å². The zero-order chi connectivity index (χ0) is 13.5. The van der Waals surface area contributed by atoms with E-state index in [1.54, 1.807) is 0 Å². The van der Waals surface area contributed by atoms with Crippen LogP contribution >= 0.6 is 8.15 Å². The molecule has 0 heterocycles. The van der Waals surface area contributed by atoms with Crippen LogP contribution in [0.3, 0.4) is 0 Å². The third-order valence-corrected chi connectivity index (χ3v) is 5.83. The summed E-state index contributed by atoms with van der Waals surface area (Å²) in [6.07, 6.45) is 3.79. The second-order valence-electron chi connectivity index (χ2n) is 3.61. The summed E-state index contributed by atoms with van der Waals surface area (Å²) in [6.45, 7) is 3.79. The van der Waals surface area contributed by atoms with Crippen molar-refractivity contribution in [2.75, 3.05) is 12.3 Å². The molecule has 0 aromatic rings. The molecular formula is C9H18F3O3PS. The van der Waals surface area contributed by atoms with Crippen molar-refractivity contribution in [2.45, 2.75) is 45.0 Å². The summed E-state index contributed by atoms with van der Waals surface area (Å²) in [7, 11) is -6.96. The van der Waals surface area contributed by atoms with Gasteiger partial charge in [-0.25, -0.2) is 3.97 Å². The number of hydrogen-bond acceptors (Lipinski definition) is 3. The van der Waals surface area contributed by atoms with Crippen LogP contribution in [0.2, 0.25) is 0 Å². The normalized spacial score (nSPS) is 13.3. The van der Waals surface area contributed by atoms with Crippen LogP contribution in [0, 0.1) is 0 Å². The van der Waals surface area contributed by atoms with Crippen molar-refractivity contribution >= 4 is 18.3 Å². The first kappa shape index (κ1) is 17.1. The van der Waals surface area contributed by atoms with Gasteiger partial charge in [-0.2, -0.15) is 21.6 Å². The molecule has 104 valence electrons. The maximum absolute atomic E-state index is 12.1. The van der Waals surface area contributed by atoms with Gasteiger partial charge in [0.1, 0.15) is 0 Å². The highest BCUT2D eigenvalue weighted by atomic mass is 32.2. The van der Waals surface area contributed by atoms with E-state index in [-0.39, 0.29) is 0 Å². The van der Waals surface area contributed by atoms with E-state index in [4.69, 9.17) is 0 Å². The molecule has 0 bridgehead atoms. The van der Waals surface area contributed by atoms with Crippen LogP contribution in [0.5, 0.6) is 0 Å². The molecule has 0 amide bonds. The van der Waals surface area contributed by atoms with E-state index in [0.717, 1.165) is 12.8 Å². The Balaban J connectivity index is 4.51. The average molecular weight is 294 g/mol. The highest BCUT2D eigenvalue weighted by Gasteiger charge is 2.48. The summed E-state index contributed by atoms with van der Waals surface area (Å²) in [5, 5.41) is 0. The molecular weight excluding hydrogens is 276 g/mol. The fraction of sp³-hybridized carbons (Fsp3) is 1.00. The summed E-state index contributed by atoms with van der Waals surface area (Å²) in [6, 6.07) is 0. The van der Waals surface area contributed by atoms with Gasteiger partial charge >= 0.3 is 15.6 Å². The maximum atomic E-state index is 12.1. The van der Waals surface area contributed by atoms with E-state index in [1.807, 2.05) is 13.8 Å². The predicted molar refractivity (Wildman–Crippen MR) is 62.5 cm³/mol. The largest absolute Gasteiger partial charge is 0.523 e. The first-order valence-corrected chi connectivity index (χ1v) is 8.54. The van der Waals surface area contributed by atoms with Gasteiger partial charge in [-0.3, -0.25) is 0 Å². The molecule has 0 N–H and O–H groups in total. The molecule has 0 rings (SSSR count). The molecule has 0 unspecified atom stereocenters. The zero-order valence-corrected chi connectivity index (χ0v) is 11.7. The summed E-state index contributed by atoms with van der Waals surface area (Å²) in [5.41, 5.74) is -5.31. The Morgan fingerprint density at radius 3 is 1.76 bits per heavy atom. The summed E-state index contributed by atoms with van der Waals surface area (Å²) < 4.78 is 62.4. The number of rotatable bonds is 8. The molecule has 3 nitrogen and oxygen atoms in total. The predicted octanol–water partition coefficient (Wildman–Crippen LogP) is 3.85. The van der Waals surface area contributed by atoms with Gasteiger partial charge in [0.05, 0.1) is 8.15 Å². The van der Waals surface area contributed by atoms with E-state index in [9.17, 15) is 21.6 Å². The van der Waals surface area contributed by atoms with Crippen molar-refractivity contribution in [1.29, 1.82) is 0 Å². The van der Waals surface area contributed by atoms with Crippen molar-refractivity contribution in [2.24, 2.45) is 0 Å². The molecule has 8 heteroatoms. The van der Waals surface area contributed by atoms with Crippen molar-refractivity contribution in [1.82, 2.24) is 0 Å². The van der Waals surface area contributed by atoms with Crippen molar-refractivity contribution in [3.05, 3.63) is 0 Å². The molecule has 0 fully saturated rings. The van der Waals surface area contributed by atoms with Gasteiger partial charge in [0.2, 0.25) is 0 Å². The lowest BCUT2D eigenvalue weighted by molar-refractivity contribution is -0.0497. The fourth-order valence-corrected chi connectivity index (χ4v) is 4.64. The highest BCUT2D eigenvalue weighted by Crippen LogP contribution is 2.44. The number of hydrogen-bond donors (Lipinski definition) is 0. The van der Waals surface area contributed by atoms with Crippen LogP contribution in [0.1, 0.15) is 39.5 Å². The van der Waals surface area contributed by atoms with Crippen molar-refractivity contribution < 1.29 is 25.6 Å². The number of alkyl halides is 3. The molecule has 0 aliphatic carbocycles. The molecule has 0 spiro atoms. The van der Waals surface area contributed by atoms with Crippen LogP contribution in [-0.4, -0.2) is 26.2 Å². The SMILES string of the molecule is CCCCP(CCCC)OS(=O)(=O)C(F)(F)F. The molecule has 0 atom stereocenters. The minimum Gasteiger partial charge on any atom is -0.241 e. The van der Waals surface area contributed by atoms with E-state index < -0.39 is 23.8 Å². The summed E-state index contributed by atoms with van der Waals surface area (Å²) >= 11 is 0. The Morgan fingerprint density at radius 1 is 1.06 bits per heavy atom. The molecule has 0 radical (unpaired) electrons. The third kappa shape index (κ3) is 6.58. The fourth-order valence-electron chi connectivity index (χ4n) is 1.04. The Morgan fingerprint density at radius 2 is 1.47 bits per heavy atom. The van der Waals surface area contributed by atoms with Gasteiger partial charge in [-0.05, 0) is 25.2 Å².